The molecule has 0 aliphatic rings. The van der Waals surface area contributed by atoms with Crippen molar-refractivity contribution in [2.45, 2.75) is 33.6 Å². The molecular formula is C14H19N3. The molecule has 0 radical (unpaired) electrons. The molecule has 0 bridgehead atoms. The molecule has 0 saturated heterocycles. The molecule has 0 amide bonds. The number of nitrogen functional groups attached to an aromatic ring is 1. The predicted octanol–water partition coefficient (Wildman–Crippen LogP) is 3.02. The van der Waals surface area contributed by atoms with E-state index in [1.54, 1.807) is 6.20 Å². The van der Waals surface area contributed by atoms with Crippen molar-refractivity contribution >= 4 is 5.69 Å². The number of nitrogens with two attached hydrogens (primary N) is 1. The van der Waals surface area contributed by atoms with E-state index >= 15 is 0 Å². The van der Waals surface area contributed by atoms with Crippen LogP contribution in [0.1, 0.15) is 30.2 Å². The molecule has 2 aromatic rings. The topological polar surface area (TPSA) is 43.8 Å². The summed E-state index contributed by atoms with van der Waals surface area (Å²) in [5.74, 6) is 0. The minimum absolute atomic E-state index is 0.785. The lowest BCUT2D eigenvalue weighted by Crippen LogP contribution is -2.05. The summed E-state index contributed by atoms with van der Waals surface area (Å²) in [7, 11) is 0. The van der Waals surface area contributed by atoms with Crippen molar-refractivity contribution in [1.29, 1.82) is 0 Å². The van der Waals surface area contributed by atoms with E-state index in [2.05, 4.69) is 44.1 Å². The average molecular weight is 229 g/mol. The van der Waals surface area contributed by atoms with Gasteiger partial charge in [-0.15, -0.1) is 0 Å². The molecule has 17 heavy (non-hydrogen) atoms. The summed E-state index contributed by atoms with van der Waals surface area (Å²) in [4.78, 5) is 0. The fourth-order valence-electron chi connectivity index (χ4n) is 2.03. The highest BCUT2D eigenvalue weighted by atomic mass is 15.3. The molecule has 2 N–H and O–H groups in total. The van der Waals surface area contributed by atoms with E-state index in [1.165, 1.54) is 11.1 Å². The van der Waals surface area contributed by atoms with Gasteiger partial charge in [0.05, 0.1) is 23.3 Å². The molecule has 1 heterocycles. The van der Waals surface area contributed by atoms with Crippen LogP contribution in [0.2, 0.25) is 0 Å². The van der Waals surface area contributed by atoms with E-state index in [-0.39, 0.29) is 0 Å². The van der Waals surface area contributed by atoms with Crippen molar-refractivity contribution in [2.24, 2.45) is 0 Å². The van der Waals surface area contributed by atoms with Crippen LogP contribution in [0.5, 0.6) is 0 Å². The molecule has 3 heteroatoms. The van der Waals surface area contributed by atoms with Crippen LogP contribution in [0.25, 0.3) is 5.69 Å². The van der Waals surface area contributed by atoms with Crippen LogP contribution in [-0.2, 0) is 6.42 Å². The summed E-state index contributed by atoms with van der Waals surface area (Å²) in [6.07, 6.45) is 3.77. The molecule has 0 unspecified atom stereocenters. The second kappa shape index (κ2) is 4.62. The first-order valence-electron chi connectivity index (χ1n) is 6.03. The largest absolute Gasteiger partial charge is 0.396 e. The van der Waals surface area contributed by atoms with Gasteiger partial charge in [0.1, 0.15) is 0 Å². The van der Waals surface area contributed by atoms with Gasteiger partial charge in [-0.3, -0.25) is 0 Å². The number of aryl methyl sites for hydroxylation is 2. The van der Waals surface area contributed by atoms with Gasteiger partial charge in [-0.05, 0) is 37.5 Å². The van der Waals surface area contributed by atoms with E-state index in [9.17, 15) is 0 Å². The highest BCUT2D eigenvalue weighted by Gasteiger charge is 2.10. The van der Waals surface area contributed by atoms with Gasteiger partial charge >= 0.3 is 0 Å². The second-order valence-corrected chi connectivity index (χ2v) is 4.50. The van der Waals surface area contributed by atoms with Gasteiger partial charge in [0.15, 0.2) is 0 Å². The minimum atomic E-state index is 0.785. The lowest BCUT2D eigenvalue weighted by molar-refractivity contribution is 0.772. The van der Waals surface area contributed by atoms with Gasteiger partial charge in [-0.25, -0.2) is 4.68 Å². The lowest BCUT2D eigenvalue weighted by Gasteiger charge is -2.11. The van der Waals surface area contributed by atoms with E-state index < -0.39 is 0 Å². The summed E-state index contributed by atoms with van der Waals surface area (Å²) in [5.41, 5.74) is 11.5. The van der Waals surface area contributed by atoms with Crippen LogP contribution < -0.4 is 5.73 Å². The average Bonchev–Trinajstić information content (AvgIpc) is 2.65. The van der Waals surface area contributed by atoms with Gasteiger partial charge in [-0.2, -0.15) is 5.10 Å². The fraction of sp³-hybridized carbons (Fsp3) is 0.357. The van der Waals surface area contributed by atoms with Crippen LogP contribution in [0, 0.1) is 13.8 Å². The van der Waals surface area contributed by atoms with Crippen molar-refractivity contribution < 1.29 is 0 Å². The third-order valence-electron chi connectivity index (χ3n) is 2.98. The van der Waals surface area contributed by atoms with E-state index in [0.29, 0.717) is 0 Å². The summed E-state index contributed by atoms with van der Waals surface area (Å²) >= 11 is 0. The molecule has 90 valence electrons. The van der Waals surface area contributed by atoms with Gasteiger partial charge < -0.3 is 5.73 Å². The van der Waals surface area contributed by atoms with Crippen molar-refractivity contribution in [3.05, 3.63) is 41.2 Å². The Labute approximate surface area is 102 Å². The quantitative estimate of drug-likeness (QED) is 0.879. The number of anilines is 1. The minimum Gasteiger partial charge on any atom is -0.396 e. The van der Waals surface area contributed by atoms with Crippen molar-refractivity contribution in [2.75, 3.05) is 5.73 Å². The maximum atomic E-state index is 5.97. The van der Waals surface area contributed by atoms with Crippen molar-refractivity contribution in [1.82, 2.24) is 9.78 Å². The standard InChI is InChI=1S/C14H19N3/c1-4-5-13-12(15)9-16-17(13)14-8-10(2)6-7-11(14)3/h6-9H,4-5,15H2,1-3H3. The van der Waals surface area contributed by atoms with Gasteiger partial charge in [-0.1, -0.05) is 25.5 Å². The molecule has 0 fully saturated rings. The zero-order valence-corrected chi connectivity index (χ0v) is 10.7. The summed E-state index contributed by atoms with van der Waals surface area (Å²) in [6.45, 7) is 6.34. The monoisotopic (exact) mass is 229 g/mol. The molecule has 0 atom stereocenters. The smallest absolute Gasteiger partial charge is 0.0737 e. The van der Waals surface area contributed by atoms with Crippen LogP contribution in [-0.4, -0.2) is 9.78 Å². The third-order valence-corrected chi connectivity index (χ3v) is 2.98. The molecule has 0 aliphatic heterocycles. The zero-order valence-electron chi connectivity index (χ0n) is 10.7. The van der Waals surface area contributed by atoms with Crippen LogP contribution >= 0.6 is 0 Å². The van der Waals surface area contributed by atoms with E-state index in [0.717, 1.165) is 29.9 Å². The Morgan fingerprint density at radius 1 is 1.29 bits per heavy atom. The van der Waals surface area contributed by atoms with Crippen LogP contribution in [0.15, 0.2) is 24.4 Å². The molecule has 0 saturated carbocycles. The number of hydrogen-bond donors (Lipinski definition) is 1. The Hall–Kier alpha value is -1.77. The predicted molar refractivity (Wildman–Crippen MR) is 71.4 cm³/mol. The molecule has 2 rings (SSSR count). The van der Waals surface area contributed by atoms with Gasteiger partial charge in [0.25, 0.3) is 0 Å². The maximum Gasteiger partial charge on any atom is 0.0737 e. The van der Waals surface area contributed by atoms with E-state index in [1.807, 2.05) is 4.68 Å². The van der Waals surface area contributed by atoms with Gasteiger partial charge in [0, 0.05) is 0 Å². The molecule has 1 aromatic carbocycles. The number of benzene rings is 1. The van der Waals surface area contributed by atoms with E-state index in [4.69, 9.17) is 5.73 Å². The van der Waals surface area contributed by atoms with Crippen molar-refractivity contribution in [3.8, 4) is 5.69 Å². The number of aromatic nitrogens is 2. The Bertz CT molecular complexity index is 526. The first kappa shape index (κ1) is 11.7. The lowest BCUT2D eigenvalue weighted by atomic mass is 10.1. The molecular weight excluding hydrogens is 210 g/mol. The normalized spacial score (nSPS) is 10.8. The SMILES string of the molecule is CCCc1c(N)cnn1-c1cc(C)ccc1C. The second-order valence-electron chi connectivity index (χ2n) is 4.50. The fourth-order valence-corrected chi connectivity index (χ4v) is 2.03. The Morgan fingerprint density at radius 2 is 2.06 bits per heavy atom. The van der Waals surface area contributed by atoms with Gasteiger partial charge in [0.2, 0.25) is 0 Å². The first-order valence-corrected chi connectivity index (χ1v) is 6.03. The first-order chi connectivity index (χ1) is 8.13. The highest BCUT2D eigenvalue weighted by molar-refractivity contribution is 5.49. The Kier molecular flexibility index (Phi) is 3.18. The summed E-state index contributed by atoms with van der Waals surface area (Å²) < 4.78 is 1.97. The Balaban J connectivity index is 2.56. The Morgan fingerprint density at radius 3 is 2.76 bits per heavy atom. The molecule has 0 spiro atoms. The summed E-state index contributed by atoms with van der Waals surface area (Å²) in [6, 6.07) is 6.39. The molecule has 1 aromatic heterocycles. The van der Waals surface area contributed by atoms with Crippen molar-refractivity contribution in [3.63, 3.8) is 0 Å². The van der Waals surface area contributed by atoms with Crippen LogP contribution in [0.4, 0.5) is 5.69 Å². The highest BCUT2D eigenvalue weighted by Crippen LogP contribution is 2.21. The molecule has 0 aliphatic carbocycles. The number of hydrogen-bond acceptors (Lipinski definition) is 2. The summed E-state index contributed by atoms with van der Waals surface area (Å²) in [5, 5.41) is 4.40. The van der Waals surface area contributed by atoms with Crippen LogP contribution in [0.3, 0.4) is 0 Å². The molecule has 3 nitrogen and oxygen atoms in total. The number of rotatable bonds is 3. The number of nitrogens with zero attached hydrogens (tertiary/aromatic N) is 2. The maximum absolute atomic E-state index is 5.97. The third kappa shape index (κ3) is 2.18. The zero-order chi connectivity index (χ0) is 12.4.